The van der Waals surface area contributed by atoms with E-state index in [2.05, 4.69) is 0 Å². The van der Waals surface area contributed by atoms with E-state index < -0.39 is 24.2 Å². The van der Waals surface area contributed by atoms with Crippen molar-refractivity contribution >= 4 is 11.8 Å². The molecule has 0 saturated carbocycles. The molecule has 0 fully saturated rings. The van der Waals surface area contributed by atoms with E-state index >= 15 is 0 Å². The van der Waals surface area contributed by atoms with E-state index in [0.29, 0.717) is 19.3 Å². The van der Waals surface area contributed by atoms with E-state index in [1.807, 2.05) is 0 Å². The summed E-state index contributed by atoms with van der Waals surface area (Å²) in [4.78, 5) is 22.5. The molecule has 0 aliphatic heterocycles. The maximum Gasteiger partial charge on any atom is 0.320 e. The quantitative estimate of drug-likeness (QED) is 0.336. The number of hydrogen-bond donors (Lipinski definition) is 5. The first-order valence-corrected chi connectivity index (χ1v) is 6.45. The molecule has 0 heterocycles. The second-order valence-electron chi connectivity index (χ2n) is 4.90. The standard InChI is InChI=1S/C12H25N3O4/c1-7(2-4-10(15)12(18)19)11(17)9(14)5-3-8(16)6-13/h7-10,16H,2-6,13-15H2,1H3,(H,18,19). The molecule has 7 nitrogen and oxygen atoms in total. The Kier molecular flexibility index (Phi) is 8.49. The second kappa shape index (κ2) is 8.98. The van der Waals surface area contributed by atoms with E-state index in [0.717, 1.165) is 0 Å². The molecular formula is C12H25N3O4. The summed E-state index contributed by atoms with van der Waals surface area (Å²) in [6.45, 7) is 1.85. The van der Waals surface area contributed by atoms with Gasteiger partial charge in [-0.2, -0.15) is 0 Å². The van der Waals surface area contributed by atoms with Gasteiger partial charge in [0.1, 0.15) is 6.04 Å². The van der Waals surface area contributed by atoms with Crippen molar-refractivity contribution in [1.29, 1.82) is 0 Å². The molecule has 0 aromatic heterocycles. The van der Waals surface area contributed by atoms with E-state index in [1.54, 1.807) is 6.92 Å². The molecule has 0 aliphatic rings. The molecule has 4 atom stereocenters. The fraction of sp³-hybridized carbons (Fsp3) is 0.833. The number of carboxylic acids is 1. The van der Waals surface area contributed by atoms with Gasteiger partial charge in [-0.05, 0) is 25.7 Å². The molecular weight excluding hydrogens is 250 g/mol. The Balaban J connectivity index is 4.07. The monoisotopic (exact) mass is 275 g/mol. The number of ketones is 1. The number of hydrogen-bond acceptors (Lipinski definition) is 6. The van der Waals surface area contributed by atoms with Gasteiger partial charge in [-0.1, -0.05) is 6.92 Å². The van der Waals surface area contributed by atoms with Crippen molar-refractivity contribution in [2.24, 2.45) is 23.1 Å². The minimum absolute atomic E-state index is 0.137. The van der Waals surface area contributed by atoms with Gasteiger partial charge in [0, 0.05) is 12.5 Å². The molecule has 0 aliphatic carbocycles. The van der Waals surface area contributed by atoms with Gasteiger partial charge >= 0.3 is 5.97 Å². The number of carbonyl (C=O) groups excluding carboxylic acids is 1. The van der Waals surface area contributed by atoms with Crippen LogP contribution in [0.5, 0.6) is 0 Å². The number of rotatable bonds is 10. The zero-order valence-electron chi connectivity index (χ0n) is 11.3. The van der Waals surface area contributed by atoms with Crippen molar-refractivity contribution in [3.63, 3.8) is 0 Å². The fourth-order valence-electron chi connectivity index (χ4n) is 1.69. The summed E-state index contributed by atoms with van der Waals surface area (Å²) in [5.41, 5.74) is 16.4. The zero-order valence-corrected chi connectivity index (χ0v) is 11.3. The van der Waals surface area contributed by atoms with Gasteiger partial charge in [-0.15, -0.1) is 0 Å². The molecule has 7 heteroatoms. The largest absolute Gasteiger partial charge is 0.480 e. The van der Waals surface area contributed by atoms with Gasteiger partial charge in [-0.25, -0.2) is 0 Å². The average Bonchev–Trinajstić information content (AvgIpc) is 2.39. The molecule has 112 valence electrons. The van der Waals surface area contributed by atoms with Crippen molar-refractivity contribution in [3.05, 3.63) is 0 Å². The number of aliphatic hydroxyl groups is 1. The average molecular weight is 275 g/mol. The van der Waals surface area contributed by atoms with Gasteiger partial charge in [0.25, 0.3) is 0 Å². The van der Waals surface area contributed by atoms with Crippen molar-refractivity contribution in [3.8, 4) is 0 Å². The number of carboxylic acid groups (broad SMARTS) is 1. The van der Waals surface area contributed by atoms with Crippen LogP contribution in [0.1, 0.15) is 32.6 Å². The molecule has 0 amide bonds. The van der Waals surface area contributed by atoms with Crippen molar-refractivity contribution in [2.45, 2.75) is 50.8 Å². The van der Waals surface area contributed by atoms with E-state index in [9.17, 15) is 14.7 Å². The van der Waals surface area contributed by atoms with Crippen LogP contribution in [-0.2, 0) is 9.59 Å². The Labute approximate surface area is 113 Å². The van der Waals surface area contributed by atoms with E-state index in [4.69, 9.17) is 22.3 Å². The van der Waals surface area contributed by atoms with Crippen LogP contribution in [0.25, 0.3) is 0 Å². The molecule has 19 heavy (non-hydrogen) atoms. The zero-order chi connectivity index (χ0) is 15.0. The Morgan fingerprint density at radius 3 is 2.05 bits per heavy atom. The lowest BCUT2D eigenvalue weighted by Gasteiger charge is -2.18. The number of aliphatic hydroxyl groups excluding tert-OH is 1. The Hall–Kier alpha value is -1.02. The summed E-state index contributed by atoms with van der Waals surface area (Å²) < 4.78 is 0. The van der Waals surface area contributed by atoms with Crippen molar-refractivity contribution in [2.75, 3.05) is 6.54 Å². The number of aliphatic carboxylic acids is 1. The highest BCUT2D eigenvalue weighted by Crippen LogP contribution is 2.13. The summed E-state index contributed by atoms with van der Waals surface area (Å²) in [5, 5.41) is 17.9. The van der Waals surface area contributed by atoms with Crippen molar-refractivity contribution < 1.29 is 19.8 Å². The molecule has 0 aromatic rings. The third kappa shape index (κ3) is 7.22. The SMILES string of the molecule is CC(CCC(N)C(=O)O)C(=O)C(N)CCC(O)CN. The second-order valence-corrected chi connectivity index (χ2v) is 4.90. The van der Waals surface area contributed by atoms with E-state index in [1.165, 1.54) is 0 Å². The summed E-state index contributed by atoms with van der Waals surface area (Å²) in [7, 11) is 0. The van der Waals surface area contributed by atoms with Crippen LogP contribution in [-0.4, -0.2) is 46.7 Å². The van der Waals surface area contributed by atoms with Gasteiger partial charge in [0.15, 0.2) is 5.78 Å². The number of Topliss-reactive ketones (excluding diaryl/α,β-unsaturated/α-hetero) is 1. The number of carbonyl (C=O) groups is 2. The van der Waals surface area contributed by atoms with E-state index in [-0.39, 0.29) is 24.7 Å². The van der Waals surface area contributed by atoms with Crippen LogP contribution >= 0.6 is 0 Å². The summed E-state index contributed by atoms with van der Waals surface area (Å²) >= 11 is 0. The third-order valence-electron chi connectivity index (χ3n) is 3.16. The predicted octanol–water partition coefficient (Wildman–Crippen LogP) is -1.19. The smallest absolute Gasteiger partial charge is 0.320 e. The van der Waals surface area contributed by atoms with Crippen LogP contribution in [0.4, 0.5) is 0 Å². The predicted molar refractivity (Wildman–Crippen MR) is 71.3 cm³/mol. The molecule has 0 bridgehead atoms. The maximum atomic E-state index is 11.9. The van der Waals surface area contributed by atoms with Gasteiger partial charge in [0.2, 0.25) is 0 Å². The summed E-state index contributed by atoms with van der Waals surface area (Å²) in [5.74, 6) is -1.55. The van der Waals surface area contributed by atoms with Crippen LogP contribution in [0.3, 0.4) is 0 Å². The molecule has 0 radical (unpaired) electrons. The molecule has 8 N–H and O–H groups in total. The van der Waals surface area contributed by atoms with Crippen LogP contribution in [0, 0.1) is 5.92 Å². The highest BCUT2D eigenvalue weighted by Gasteiger charge is 2.22. The number of nitrogens with two attached hydrogens (primary N) is 3. The first kappa shape index (κ1) is 18.0. The molecule has 0 rings (SSSR count). The lowest BCUT2D eigenvalue weighted by molar-refractivity contribution is -0.139. The first-order chi connectivity index (χ1) is 8.79. The van der Waals surface area contributed by atoms with Crippen LogP contribution < -0.4 is 17.2 Å². The fourth-order valence-corrected chi connectivity index (χ4v) is 1.69. The Bertz CT molecular complexity index is 299. The highest BCUT2D eigenvalue weighted by atomic mass is 16.4. The minimum Gasteiger partial charge on any atom is -0.480 e. The first-order valence-electron chi connectivity index (χ1n) is 6.45. The Morgan fingerprint density at radius 1 is 1.05 bits per heavy atom. The van der Waals surface area contributed by atoms with Crippen molar-refractivity contribution in [1.82, 2.24) is 0 Å². The summed E-state index contributed by atoms with van der Waals surface area (Å²) in [6.07, 6.45) is 0.728. The lowest BCUT2D eigenvalue weighted by atomic mass is 9.91. The molecule has 0 saturated heterocycles. The van der Waals surface area contributed by atoms with Gasteiger partial charge in [0.05, 0.1) is 12.1 Å². The lowest BCUT2D eigenvalue weighted by Crippen LogP contribution is -2.37. The van der Waals surface area contributed by atoms with Crippen LogP contribution in [0.2, 0.25) is 0 Å². The third-order valence-corrected chi connectivity index (χ3v) is 3.16. The normalized spacial score (nSPS) is 17.5. The summed E-state index contributed by atoms with van der Waals surface area (Å²) in [6, 6.07) is -1.61. The molecule has 0 spiro atoms. The topological polar surface area (TPSA) is 153 Å². The minimum atomic E-state index is -1.07. The highest BCUT2D eigenvalue weighted by molar-refractivity contribution is 5.85. The van der Waals surface area contributed by atoms with Crippen LogP contribution in [0.15, 0.2) is 0 Å². The molecule has 4 unspecified atom stereocenters. The van der Waals surface area contributed by atoms with Gasteiger partial charge in [-0.3, -0.25) is 9.59 Å². The van der Waals surface area contributed by atoms with Gasteiger partial charge < -0.3 is 27.4 Å². The molecule has 0 aromatic carbocycles. The maximum absolute atomic E-state index is 11.9. The Morgan fingerprint density at radius 2 is 1.58 bits per heavy atom.